The van der Waals surface area contributed by atoms with E-state index in [9.17, 15) is 13.2 Å². The van der Waals surface area contributed by atoms with Crippen LogP contribution in [0, 0.1) is 12.3 Å². The summed E-state index contributed by atoms with van der Waals surface area (Å²) in [5.74, 6) is 2.60. The number of carbonyl (C=O) groups is 1. The molecule has 0 saturated carbocycles. The number of anilines is 1. The van der Waals surface area contributed by atoms with Crippen molar-refractivity contribution in [2.24, 2.45) is 0 Å². The molecule has 1 fully saturated rings. The van der Waals surface area contributed by atoms with E-state index in [-0.39, 0.29) is 11.7 Å². The Balaban J connectivity index is 1.54. The van der Waals surface area contributed by atoms with Crippen LogP contribution in [0.4, 0.5) is 10.5 Å². The summed E-state index contributed by atoms with van der Waals surface area (Å²) in [4.78, 5) is 16.5. The smallest absolute Gasteiger partial charge is 0.320 e. The summed E-state index contributed by atoms with van der Waals surface area (Å²) < 4.78 is 25.9. The Kier molecular flexibility index (Phi) is 5.48. The Labute approximate surface area is 158 Å². The van der Waals surface area contributed by atoms with Crippen LogP contribution in [0.2, 0.25) is 0 Å². The zero-order chi connectivity index (χ0) is 19.4. The number of sulfonamides is 1. The molecule has 2 aromatic rings. The molecule has 0 atom stereocenters. The zero-order valence-electron chi connectivity index (χ0n) is 15.0. The van der Waals surface area contributed by atoms with Gasteiger partial charge in [-0.2, -0.15) is 9.78 Å². The third-order valence-electron chi connectivity index (χ3n) is 4.25. The minimum Gasteiger partial charge on any atom is -0.320 e. The number of nitrogens with one attached hydrogen (secondary N) is 1. The van der Waals surface area contributed by atoms with Gasteiger partial charge in [-0.15, -0.1) is 6.42 Å². The number of nitrogens with zero attached hydrogens (tertiary/aromatic N) is 4. The number of hydrogen-bond donors (Lipinski definition) is 1. The van der Waals surface area contributed by atoms with Crippen LogP contribution in [0.15, 0.2) is 36.7 Å². The lowest BCUT2D eigenvalue weighted by molar-refractivity contribution is 0.134. The maximum Gasteiger partial charge on any atom is 0.344 e. The Morgan fingerprint density at radius 1 is 1.22 bits per heavy atom. The van der Waals surface area contributed by atoms with E-state index in [1.165, 1.54) is 18.0 Å². The first-order chi connectivity index (χ1) is 12.8. The van der Waals surface area contributed by atoms with Crippen LogP contribution < -0.4 is 4.72 Å². The van der Waals surface area contributed by atoms with Gasteiger partial charge in [-0.25, -0.2) is 13.2 Å². The first-order valence-electron chi connectivity index (χ1n) is 8.44. The summed E-state index contributed by atoms with van der Waals surface area (Å²) in [7, 11) is -3.40. The molecule has 1 aromatic heterocycles. The molecule has 1 amide bonds. The van der Waals surface area contributed by atoms with Gasteiger partial charge in [0.1, 0.15) is 0 Å². The van der Waals surface area contributed by atoms with Crippen LogP contribution in [0.1, 0.15) is 11.1 Å². The maximum absolute atomic E-state index is 12.5. The van der Waals surface area contributed by atoms with Gasteiger partial charge in [0.05, 0.1) is 24.3 Å². The van der Waals surface area contributed by atoms with E-state index in [4.69, 9.17) is 6.42 Å². The quantitative estimate of drug-likeness (QED) is 0.792. The SMILES string of the molecule is C#Cc1ccc(CN2CCN(C(=O)n3cc(NS(C)(=O)=O)cn3)CC2)cc1. The molecular formula is C18H21N5O3S. The number of aromatic nitrogens is 2. The van der Waals surface area contributed by atoms with E-state index in [1.807, 2.05) is 24.3 Å². The third kappa shape index (κ3) is 5.09. The monoisotopic (exact) mass is 387 g/mol. The Bertz CT molecular complexity index is 952. The highest BCUT2D eigenvalue weighted by molar-refractivity contribution is 7.92. The van der Waals surface area contributed by atoms with Crippen LogP contribution in [-0.2, 0) is 16.6 Å². The molecule has 0 radical (unpaired) electrons. The second-order valence-electron chi connectivity index (χ2n) is 6.43. The molecule has 0 bridgehead atoms. The first kappa shape index (κ1) is 18.9. The van der Waals surface area contributed by atoms with Gasteiger partial charge in [0.15, 0.2) is 0 Å². The summed E-state index contributed by atoms with van der Waals surface area (Å²) >= 11 is 0. The van der Waals surface area contributed by atoms with Crippen LogP contribution in [0.3, 0.4) is 0 Å². The van der Waals surface area contributed by atoms with Crippen molar-refractivity contribution in [1.82, 2.24) is 19.6 Å². The van der Waals surface area contributed by atoms with Gasteiger partial charge in [-0.1, -0.05) is 18.1 Å². The average molecular weight is 387 g/mol. The first-order valence-corrected chi connectivity index (χ1v) is 10.3. The van der Waals surface area contributed by atoms with E-state index in [0.29, 0.717) is 13.1 Å². The van der Waals surface area contributed by atoms with Crippen LogP contribution >= 0.6 is 0 Å². The lowest BCUT2D eigenvalue weighted by Gasteiger charge is -2.34. The Hall–Kier alpha value is -2.83. The Morgan fingerprint density at radius 2 is 1.89 bits per heavy atom. The van der Waals surface area contributed by atoms with Crippen molar-refractivity contribution in [1.29, 1.82) is 0 Å². The number of hydrogen-bond acceptors (Lipinski definition) is 5. The lowest BCUT2D eigenvalue weighted by Crippen LogP contribution is -2.49. The van der Waals surface area contributed by atoms with Crippen LogP contribution in [0.5, 0.6) is 0 Å². The summed E-state index contributed by atoms with van der Waals surface area (Å²) in [6.45, 7) is 3.46. The van der Waals surface area contributed by atoms with Crippen LogP contribution in [-0.4, -0.2) is 66.5 Å². The van der Waals surface area contributed by atoms with Gasteiger partial charge < -0.3 is 4.90 Å². The molecule has 3 rings (SSSR count). The molecule has 0 unspecified atom stereocenters. The normalized spacial score (nSPS) is 15.3. The largest absolute Gasteiger partial charge is 0.344 e. The van der Waals surface area contributed by atoms with Gasteiger partial charge in [0.25, 0.3) is 0 Å². The minimum absolute atomic E-state index is 0.264. The second-order valence-corrected chi connectivity index (χ2v) is 8.18. The molecule has 1 saturated heterocycles. The van der Waals surface area contributed by atoms with E-state index in [1.54, 1.807) is 4.90 Å². The fourth-order valence-electron chi connectivity index (χ4n) is 2.90. The van der Waals surface area contributed by atoms with Crippen molar-refractivity contribution in [3.05, 3.63) is 47.8 Å². The standard InChI is InChI=1S/C18H21N5O3S/c1-3-15-4-6-16(7-5-15)13-21-8-10-22(11-9-21)18(24)23-14-17(12-19-23)20-27(2,25)26/h1,4-7,12,14,20H,8-11,13H2,2H3. The highest BCUT2D eigenvalue weighted by Crippen LogP contribution is 2.12. The van der Waals surface area contributed by atoms with Crippen LogP contribution in [0.25, 0.3) is 0 Å². The molecule has 0 aliphatic carbocycles. The maximum atomic E-state index is 12.5. The second kappa shape index (κ2) is 7.82. The highest BCUT2D eigenvalue weighted by Gasteiger charge is 2.23. The Morgan fingerprint density at radius 3 is 2.48 bits per heavy atom. The lowest BCUT2D eigenvalue weighted by atomic mass is 10.1. The predicted octanol–water partition coefficient (Wildman–Crippen LogP) is 1.02. The molecule has 1 aliphatic rings. The van der Waals surface area contributed by atoms with Crippen molar-refractivity contribution in [2.45, 2.75) is 6.54 Å². The molecule has 0 spiro atoms. The summed E-state index contributed by atoms with van der Waals surface area (Å²) in [6.07, 6.45) is 9.11. The third-order valence-corrected chi connectivity index (χ3v) is 4.86. The van der Waals surface area contributed by atoms with Gasteiger partial charge >= 0.3 is 6.03 Å². The van der Waals surface area contributed by atoms with Gasteiger partial charge in [-0.05, 0) is 17.7 Å². The summed E-state index contributed by atoms with van der Waals surface area (Å²) in [5.41, 5.74) is 2.30. The number of carbonyl (C=O) groups excluding carboxylic acids is 1. The summed E-state index contributed by atoms with van der Waals surface area (Å²) in [6, 6.07) is 7.62. The summed E-state index contributed by atoms with van der Waals surface area (Å²) in [5, 5.41) is 3.95. The number of benzene rings is 1. The van der Waals surface area contributed by atoms with E-state index in [0.717, 1.165) is 36.1 Å². The van der Waals surface area contributed by atoms with E-state index in [2.05, 4.69) is 20.6 Å². The molecule has 27 heavy (non-hydrogen) atoms. The molecule has 1 aromatic carbocycles. The molecule has 8 nitrogen and oxygen atoms in total. The highest BCUT2D eigenvalue weighted by atomic mass is 32.2. The fourth-order valence-corrected chi connectivity index (χ4v) is 3.43. The molecule has 1 aliphatic heterocycles. The van der Waals surface area contributed by atoms with Gasteiger partial charge in [0, 0.05) is 38.3 Å². The molecule has 142 valence electrons. The van der Waals surface area contributed by atoms with Gasteiger partial charge in [-0.3, -0.25) is 9.62 Å². The number of rotatable bonds is 4. The zero-order valence-corrected chi connectivity index (χ0v) is 15.8. The predicted molar refractivity (Wildman–Crippen MR) is 103 cm³/mol. The minimum atomic E-state index is -3.40. The van der Waals surface area contributed by atoms with Crippen molar-refractivity contribution < 1.29 is 13.2 Å². The molecular weight excluding hydrogens is 366 g/mol. The van der Waals surface area contributed by atoms with Crippen molar-refractivity contribution in [2.75, 3.05) is 37.2 Å². The fraction of sp³-hybridized carbons (Fsp3) is 0.333. The number of piperazine rings is 1. The van der Waals surface area contributed by atoms with Crippen molar-refractivity contribution >= 4 is 21.7 Å². The topological polar surface area (TPSA) is 87.5 Å². The van der Waals surface area contributed by atoms with E-state index < -0.39 is 10.0 Å². The molecule has 9 heteroatoms. The molecule has 2 heterocycles. The van der Waals surface area contributed by atoms with Crippen molar-refractivity contribution in [3.63, 3.8) is 0 Å². The average Bonchev–Trinajstić information content (AvgIpc) is 3.09. The van der Waals surface area contributed by atoms with Crippen molar-refractivity contribution in [3.8, 4) is 12.3 Å². The number of amides is 1. The molecule has 1 N–H and O–H groups in total. The van der Waals surface area contributed by atoms with E-state index >= 15 is 0 Å². The van der Waals surface area contributed by atoms with Gasteiger partial charge in [0.2, 0.25) is 10.0 Å². The number of terminal acetylenes is 1.